The molecule has 0 radical (unpaired) electrons. The summed E-state index contributed by atoms with van der Waals surface area (Å²) in [6.45, 7) is 2.09. The van der Waals surface area contributed by atoms with Gasteiger partial charge in [0.1, 0.15) is 0 Å². The fourth-order valence-corrected chi connectivity index (χ4v) is 5.22. The first kappa shape index (κ1) is 18.3. The maximum absolute atomic E-state index is 13.4. The number of rotatable bonds is 5. The van der Waals surface area contributed by atoms with E-state index in [-0.39, 0.29) is 22.8 Å². The number of nitrogens with zero attached hydrogens (tertiary/aromatic N) is 1. The summed E-state index contributed by atoms with van der Waals surface area (Å²) in [7, 11) is -3.48. The molecule has 3 atom stereocenters. The third-order valence-electron chi connectivity index (χ3n) is 6.01. The Morgan fingerprint density at radius 1 is 1.19 bits per heavy atom. The van der Waals surface area contributed by atoms with Crippen LogP contribution >= 0.6 is 0 Å². The van der Waals surface area contributed by atoms with E-state index >= 15 is 0 Å². The molecule has 2 aliphatic carbocycles. The van der Waals surface area contributed by atoms with Gasteiger partial charge in [0.2, 0.25) is 14.9 Å². The highest BCUT2D eigenvalue weighted by Crippen LogP contribution is 2.48. The highest BCUT2D eigenvalue weighted by atomic mass is 32.2. The smallest absolute Gasteiger partial charge is 0.294 e. The number of hydrogen-bond acceptors (Lipinski definition) is 4. The van der Waals surface area contributed by atoms with E-state index in [1.165, 1.54) is 30.5 Å². The van der Waals surface area contributed by atoms with Crippen LogP contribution in [-0.2, 0) is 16.3 Å². The highest BCUT2D eigenvalue weighted by Gasteiger charge is 2.45. The lowest BCUT2D eigenvalue weighted by Gasteiger charge is -2.34. The molecule has 0 saturated heterocycles. The Kier molecular flexibility index (Phi) is 4.62. The number of furan rings is 1. The van der Waals surface area contributed by atoms with Gasteiger partial charge >= 0.3 is 0 Å². The summed E-state index contributed by atoms with van der Waals surface area (Å²) in [5.74, 6) is 1.03. The van der Waals surface area contributed by atoms with Crippen molar-refractivity contribution < 1.29 is 17.6 Å². The first-order chi connectivity index (χ1) is 12.9. The Balaban J connectivity index is 1.73. The molecular formula is C21H25NO4S. The predicted molar refractivity (Wildman–Crippen MR) is 104 cm³/mol. The number of aryl methyl sites for hydroxylation is 1. The zero-order chi connectivity index (χ0) is 19.2. The molecule has 1 heterocycles. The Hall–Kier alpha value is -2.08. The fourth-order valence-electron chi connectivity index (χ4n) is 4.67. The molecule has 0 aliphatic heterocycles. The molecule has 2 aliphatic rings. The molecule has 4 rings (SSSR count). The molecule has 1 aromatic carbocycles. The average molecular weight is 388 g/mol. The molecule has 2 fully saturated rings. The van der Waals surface area contributed by atoms with Crippen LogP contribution in [0.15, 0.2) is 45.9 Å². The van der Waals surface area contributed by atoms with E-state index in [0.717, 1.165) is 31.2 Å². The standard InChI is InChI=1S/C21H25NO4S/c1-3-14-5-4-6-17(12-14)22(18-13-15-7-8-16(18)11-15)21(23)19-9-10-20(26-19)27(2,24)25/h4-6,9-10,12,15-16,18H,3,7-8,11,13H2,1-2H3/t15-,16-,18+/m0/s1. The largest absolute Gasteiger partial charge is 0.440 e. The fraction of sp³-hybridized carbons (Fsp3) is 0.476. The Labute approximate surface area is 160 Å². The van der Waals surface area contributed by atoms with Crippen LogP contribution in [0, 0.1) is 11.8 Å². The van der Waals surface area contributed by atoms with Gasteiger partial charge in [-0.2, -0.15) is 0 Å². The van der Waals surface area contributed by atoms with Crippen LogP contribution in [0.4, 0.5) is 5.69 Å². The van der Waals surface area contributed by atoms with Crippen molar-refractivity contribution in [2.45, 2.75) is 50.2 Å². The van der Waals surface area contributed by atoms with Crippen molar-refractivity contribution >= 4 is 21.4 Å². The van der Waals surface area contributed by atoms with E-state index in [9.17, 15) is 13.2 Å². The predicted octanol–water partition coefficient (Wildman–Crippen LogP) is 4.08. The molecule has 2 bridgehead atoms. The molecule has 0 spiro atoms. The summed E-state index contributed by atoms with van der Waals surface area (Å²) in [6.07, 6.45) is 6.56. The van der Waals surface area contributed by atoms with Crippen molar-refractivity contribution in [2.24, 2.45) is 11.8 Å². The first-order valence-corrected chi connectivity index (χ1v) is 11.5. The molecule has 27 heavy (non-hydrogen) atoms. The number of benzene rings is 1. The second-order valence-corrected chi connectivity index (χ2v) is 9.78. The summed E-state index contributed by atoms with van der Waals surface area (Å²) >= 11 is 0. The second kappa shape index (κ2) is 6.82. The number of carbonyl (C=O) groups excluding carboxylic acids is 1. The Bertz CT molecular complexity index is 962. The van der Waals surface area contributed by atoms with Crippen LogP contribution in [-0.4, -0.2) is 26.6 Å². The summed E-state index contributed by atoms with van der Waals surface area (Å²) in [6, 6.07) is 11.0. The van der Waals surface area contributed by atoms with Gasteiger partial charge in [0, 0.05) is 18.0 Å². The minimum atomic E-state index is -3.48. The number of hydrogen-bond donors (Lipinski definition) is 0. The van der Waals surface area contributed by atoms with E-state index < -0.39 is 9.84 Å². The van der Waals surface area contributed by atoms with Crippen LogP contribution < -0.4 is 4.90 Å². The third kappa shape index (κ3) is 3.43. The molecule has 2 saturated carbocycles. The van der Waals surface area contributed by atoms with Gasteiger partial charge < -0.3 is 9.32 Å². The molecule has 0 N–H and O–H groups in total. The molecule has 1 amide bonds. The zero-order valence-electron chi connectivity index (χ0n) is 15.7. The van der Waals surface area contributed by atoms with Gasteiger partial charge in [0.25, 0.3) is 5.91 Å². The molecule has 0 unspecified atom stereocenters. The lowest BCUT2D eigenvalue weighted by molar-refractivity contribution is 0.0935. The maximum atomic E-state index is 13.4. The van der Waals surface area contributed by atoms with Crippen LogP contribution in [0.25, 0.3) is 0 Å². The van der Waals surface area contributed by atoms with E-state index in [1.807, 2.05) is 17.0 Å². The van der Waals surface area contributed by atoms with Crippen LogP contribution in [0.1, 0.15) is 48.7 Å². The van der Waals surface area contributed by atoms with Gasteiger partial charge in [0.15, 0.2) is 5.76 Å². The second-order valence-electron chi connectivity index (χ2n) is 7.83. The molecule has 5 nitrogen and oxygen atoms in total. The molecule has 1 aromatic heterocycles. The molecule has 2 aromatic rings. The molecular weight excluding hydrogens is 362 g/mol. The van der Waals surface area contributed by atoms with Crippen molar-refractivity contribution in [2.75, 3.05) is 11.2 Å². The number of fused-ring (bicyclic) bond motifs is 2. The number of sulfone groups is 1. The van der Waals surface area contributed by atoms with Crippen LogP contribution in [0.2, 0.25) is 0 Å². The van der Waals surface area contributed by atoms with Crippen LogP contribution in [0.5, 0.6) is 0 Å². The van der Waals surface area contributed by atoms with E-state index in [0.29, 0.717) is 11.8 Å². The van der Waals surface area contributed by atoms with E-state index in [4.69, 9.17) is 4.42 Å². The number of carbonyl (C=O) groups is 1. The molecule has 6 heteroatoms. The van der Waals surface area contributed by atoms with Gasteiger partial charge in [0.05, 0.1) is 0 Å². The summed E-state index contributed by atoms with van der Waals surface area (Å²) in [4.78, 5) is 15.2. The quantitative estimate of drug-likeness (QED) is 0.775. The summed E-state index contributed by atoms with van der Waals surface area (Å²) in [5.41, 5.74) is 2.04. The summed E-state index contributed by atoms with van der Waals surface area (Å²) in [5, 5.41) is -0.166. The van der Waals surface area contributed by atoms with Gasteiger partial charge in [-0.15, -0.1) is 0 Å². The monoisotopic (exact) mass is 387 g/mol. The Morgan fingerprint density at radius 2 is 2.00 bits per heavy atom. The SMILES string of the molecule is CCc1cccc(N(C(=O)c2ccc(S(C)(=O)=O)o2)[C@@H]2C[C@H]3CC[C@H]2C3)c1. The van der Waals surface area contributed by atoms with Crippen LogP contribution in [0.3, 0.4) is 0 Å². The lowest BCUT2D eigenvalue weighted by atomic mass is 9.93. The lowest BCUT2D eigenvalue weighted by Crippen LogP contribution is -2.43. The van der Waals surface area contributed by atoms with Crippen molar-refractivity contribution in [3.05, 3.63) is 47.7 Å². The van der Waals surface area contributed by atoms with Crippen molar-refractivity contribution in [3.63, 3.8) is 0 Å². The van der Waals surface area contributed by atoms with Crippen molar-refractivity contribution in [1.29, 1.82) is 0 Å². The van der Waals surface area contributed by atoms with Gasteiger partial charge in [-0.25, -0.2) is 8.42 Å². The van der Waals surface area contributed by atoms with Crippen molar-refractivity contribution in [3.8, 4) is 0 Å². The normalized spacial score (nSPS) is 24.3. The van der Waals surface area contributed by atoms with E-state index in [2.05, 4.69) is 19.1 Å². The topological polar surface area (TPSA) is 67.6 Å². The van der Waals surface area contributed by atoms with E-state index in [1.54, 1.807) is 0 Å². The number of anilines is 1. The minimum absolute atomic E-state index is 0.0834. The number of amides is 1. The zero-order valence-corrected chi connectivity index (χ0v) is 16.5. The van der Waals surface area contributed by atoms with Gasteiger partial charge in [-0.3, -0.25) is 4.79 Å². The third-order valence-corrected chi connectivity index (χ3v) is 6.96. The summed E-state index contributed by atoms with van der Waals surface area (Å²) < 4.78 is 28.9. The average Bonchev–Trinajstić information content (AvgIpc) is 3.38. The highest BCUT2D eigenvalue weighted by molar-refractivity contribution is 7.90. The maximum Gasteiger partial charge on any atom is 0.294 e. The minimum Gasteiger partial charge on any atom is -0.440 e. The van der Waals surface area contributed by atoms with Gasteiger partial charge in [-0.1, -0.05) is 25.5 Å². The Morgan fingerprint density at radius 3 is 2.59 bits per heavy atom. The van der Waals surface area contributed by atoms with Gasteiger partial charge in [-0.05, 0) is 67.3 Å². The molecule has 144 valence electrons. The first-order valence-electron chi connectivity index (χ1n) is 9.59. The van der Waals surface area contributed by atoms with Crippen molar-refractivity contribution in [1.82, 2.24) is 0 Å².